The lowest BCUT2D eigenvalue weighted by atomic mass is 10.1. The summed E-state index contributed by atoms with van der Waals surface area (Å²) in [6, 6.07) is 7.15. The lowest BCUT2D eigenvalue weighted by molar-refractivity contribution is 0.104. The van der Waals surface area contributed by atoms with Gasteiger partial charge in [-0.05, 0) is 25.1 Å². The molecule has 1 aromatic rings. The molecule has 0 heterocycles. The third-order valence-electron chi connectivity index (χ3n) is 1.64. The molecule has 68 valence electrons. The first-order valence-electron chi connectivity index (χ1n) is 4.18. The van der Waals surface area contributed by atoms with Crippen LogP contribution >= 0.6 is 0 Å². The van der Waals surface area contributed by atoms with Crippen molar-refractivity contribution in [1.29, 1.82) is 0 Å². The Morgan fingerprint density at radius 3 is 2.85 bits per heavy atom. The van der Waals surface area contributed by atoms with Crippen LogP contribution < -0.4 is 4.74 Å². The molecule has 2 heteroatoms. The fraction of sp³-hybridized carbons (Fsp3) is 0.182. The smallest absolute Gasteiger partial charge is 0.188 e. The molecule has 0 unspecified atom stereocenters. The first kappa shape index (κ1) is 9.52. The van der Waals surface area contributed by atoms with Crippen LogP contribution in [-0.2, 0) is 0 Å². The van der Waals surface area contributed by atoms with E-state index in [0.717, 1.165) is 0 Å². The minimum atomic E-state index is -0.107. The van der Waals surface area contributed by atoms with Crippen molar-refractivity contribution in [2.24, 2.45) is 0 Å². The van der Waals surface area contributed by atoms with Crippen LogP contribution in [0.2, 0.25) is 0 Å². The number of carbonyl (C=O) groups excluding carboxylic acids is 1. The Bertz CT molecular complexity index is 316. The van der Waals surface area contributed by atoms with E-state index in [2.05, 4.69) is 6.58 Å². The van der Waals surface area contributed by atoms with Crippen molar-refractivity contribution in [3.05, 3.63) is 42.5 Å². The normalized spacial score (nSPS) is 9.31. The van der Waals surface area contributed by atoms with Gasteiger partial charge in [-0.15, -0.1) is 0 Å². The van der Waals surface area contributed by atoms with Crippen LogP contribution in [0, 0.1) is 0 Å². The van der Waals surface area contributed by atoms with Crippen molar-refractivity contribution in [2.45, 2.75) is 6.92 Å². The molecule has 0 aliphatic heterocycles. The molecule has 0 saturated heterocycles. The summed E-state index contributed by atoms with van der Waals surface area (Å²) < 4.78 is 5.29. The number of hydrogen-bond acceptors (Lipinski definition) is 2. The molecule has 0 radical (unpaired) electrons. The summed E-state index contributed by atoms with van der Waals surface area (Å²) in [5.74, 6) is 0.513. The molecule has 0 aromatic heterocycles. The average Bonchev–Trinajstić information content (AvgIpc) is 2.18. The van der Waals surface area contributed by atoms with E-state index in [4.69, 9.17) is 4.74 Å². The minimum absolute atomic E-state index is 0.107. The summed E-state index contributed by atoms with van der Waals surface area (Å²) in [4.78, 5) is 11.3. The van der Waals surface area contributed by atoms with E-state index >= 15 is 0 Å². The van der Waals surface area contributed by atoms with Crippen molar-refractivity contribution >= 4 is 5.78 Å². The highest BCUT2D eigenvalue weighted by Crippen LogP contribution is 2.18. The minimum Gasteiger partial charge on any atom is -0.493 e. The van der Waals surface area contributed by atoms with Crippen LogP contribution in [0.15, 0.2) is 36.9 Å². The van der Waals surface area contributed by atoms with Crippen LogP contribution in [0.1, 0.15) is 17.3 Å². The maximum atomic E-state index is 11.3. The molecular weight excluding hydrogens is 164 g/mol. The van der Waals surface area contributed by atoms with E-state index in [1.165, 1.54) is 6.08 Å². The Hall–Kier alpha value is -1.57. The molecule has 0 fully saturated rings. The van der Waals surface area contributed by atoms with Gasteiger partial charge in [-0.1, -0.05) is 18.7 Å². The number of ether oxygens (including phenoxy) is 1. The number of ketones is 1. The first-order chi connectivity index (χ1) is 6.29. The molecule has 0 spiro atoms. The first-order valence-corrected chi connectivity index (χ1v) is 4.18. The number of carbonyl (C=O) groups is 1. The van der Waals surface area contributed by atoms with E-state index in [1.807, 2.05) is 13.0 Å². The Kier molecular flexibility index (Phi) is 3.26. The molecule has 2 nitrogen and oxygen atoms in total. The Morgan fingerprint density at radius 1 is 1.54 bits per heavy atom. The van der Waals surface area contributed by atoms with Crippen LogP contribution in [0.5, 0.6) is 5.75 Å². The zero-order valence-electron chi connectivity index (χ0n) is 7.62. The van der Waals surface area contributed by atoms with Gasteiger partial charge in [0.25, 0.3) is 0 Å². The molecule has 0 N–H and O–H groups in total. The Labute approximate surface area is 77.8 Å². The number of benzene rings is 1. The van der Waals surface area contributed by atoms with Crippen LogP contribution in [0.4, 0.5) is 0 Å². The SMILES string of the molecule is C=CC(=O)c1ccccc1OCC. The molecule has 0 atom stereocenters. The highest BCUT2D eigenvalue weighted by Gasteiger charge is 2.07. The summed E-state index contributed by atoms with van der Waals surface area (Å²) in [7, 11) is 0. The van der Waals surface area contributed by atoms with Gasteiger partial charge in [0.1, 0.15) is 5.75 Å². The summed E-state index contributed by atoms with van der Waals surface area (Å²) in [6.07, 6.45) is 1.29. The maximum absolute atomic E-state index is 11.3. The lowest BCUT2D eigenvalue weighted by Gasteiger charge is -2.06. The molecule has 0 amide bonds. The second kappa shape index (κ2) is 4.45. The summed E-state index contributed by atoms with van der Waals surface area (Å²) in [5, 5.41) is 0. The average molecular weight is 176 g/mol. The number of allylic oxidation sites excluding steroid dienone is 1. The fourth-order valence-electron chi connectivity index (χ4n) is 1.06. The van der Waals surface area contributed by atoms with Crippen LogP contribution in [0.25, 0.3) is 0 Å². The second-order valence-electron chi connectivity index (χ2n) is 2.50. The van der Waals surface area contributed by atoms with E-state index in [9.17, 15) is 4.79 Å². The third-order valence-corrected chi connectivity index (χ3v) is 1.64. The van der Waals surface area contributed by atoms with Crippen LogP contribution in [-0.4, -0.2) is 12.4 Å². The van der Waals surface area contributed by atoms with E-state index < -0.39 is 0 Å². The van der Waals surface area contributed by atoms with Gasteiger partial charge in [0.2, 0.25) is 0 Å². The molecule has 0 aliphatic carbocycles. The van der Waals surface area contributed by atoms with Crippen molar-refractivity contribution in [1.82, 2.24) is 0 Å². The zero-order valence-corrected chi connectivity index (χ0v) is 7.62. The number of hydrogen-bond donors (Lipinski definition) is 0. The molecule has 1 rings (SSSR count). The van der Waals surface area contributed by atoms with Crippen molar-refractivity contribution in [2.75, 3.05) is 6.61 Å². The fourth-order valence-corrected chi connectivity index (χ4v) is 1.06. The Balaban J connectivity index is 3.03. The van der Waals surface area contributed by atoms with Gasteiger partial charge in [-0.25, -0.2) is 0 Å². The maximum Gasteiger partial charge on any atom is 0.188 e. The van der Waals surface area contributed by atoms with Gasteiger partial charge in [0, 0.05) is 0 Å². The molecule has 0 saturated carbocycles. The van der Waals surface area contributed by atoms with Gasteiger partial charge in [-0.3, -0.25) is 4.79 Å². The largest absolute Gasteiger partial charge is 0.493 e. The van der Waals surface area contributed by atoms with E-state index in [1.54, 1.807) is 18.2 Å². The standard InChI is InChI=1S/C11H12O2/c1-3-10(12)9-7-5-6-8-11(9)13-4-2/h3,5-8H,1,4H2,2H3. The summed E-state index contributed by atoms with van der Waals surface area (Å²) >= 11 is 0. The highest BCUT2D eigenvalue weighted by molar-refractivity contribution is 6.06. The number of para-hydroxylation sites is 1. The molecule has 13 heavy (non-hydrogen) atoms. The summed E-state index contributed by atoms with van der Waals surface area (Å²) in [5.41, 5.74) is 0.569. The van der Waals surface area contributed by atoms with E-state index in [0.29, 0.717) is 17.9 Å². The zero-order chi connectivity index (χ0) is 9.68. The predicted octanol–water partition coefficient (Wildman–Crippen LogP) is 2.45. The molecule has 0 aliphatic rings. The highest BCUT2D eigenvalue weighted by atomic mass is 16.5. The molecule has 1 aromatic carbocycles. The van der Waals surface area contributed by atoms with Gasteiger partial charge in [-0.2, -0.15) is 0 Å². The predicted molar refractivity (Wildman–Crippen MR) is 52.1 cm³/mol. The molecular formula is C11H12O2. The number of rotatable bonds is 4. The lowest BCUT2D eigenvalue weighted by Crippen LogP contribution is -2.00. The van der Waals surface area contributed by atoms with Crippen molar-refractivity contribution in [3.8, 4) is 5.75 Å². The topological polar surface area (TPSA) is 26.3 Å². The van der Waals surface area contributed by atoms with Crippen LogP contribution in [0.3, 0.4) is 0 Å². The second-order valence-corrected chi connectivity index (χ2v) is 2.50. The monoisotopic (exact) mass is 176 g/mol. The quantitative estimate of drug-likeness (QED) is 0.520. The third kappa shape index (κ3) is 2.18. The summed E-state index contributed by atoms with van der Waals surface area (Å²) in [6.45, 7) is 5.87. The van der Waals surface area contributed by atoms with E-state index in [-0.39, 0.29) is 5.78 Å². The van der Waals surface area contributed by atoms with Crippen molar-refractivity contribution in [3.63, 3.8) is 0 Å². The van der Waals surface area contributed by atoms with Gasteiger partial charge < -0.3 is 4.74 Å². The van der Waals surface area contributed by atoms with Crippen molar-refractivity contribution < 1.29 is 9.53 Å². The Morgan fingerprint density at radius 2 is 2.23 bits per heavy atom. The van der Waals surface area contributed by atoms with Gasteiger partial charge in [0.15, 0.2) is 5.78 Å². The molecule has 0 bridgehead atoms. The van der Waals surface area contributed by atoms with Gasteiger partial charge >= 0.3 is 0 Å². The van der Waals surface area contributed by atoms with Gasteiger partial charge in [0.05, 0.1) is 12.2 Å².